The highest BCUT2D eigenvalue weighted by Gasteiger charge is 2.40. The molecule has 0 saturated carbocycles. The third-order valence-corrected chi connectivity index (χ3v) is 8.28. The minimum atomic E-state index is -1.65. The van der Waals surface area contributed by atoms with Crippen LogP contribution in [0.3, 0.4) is 0 Å². The van der Waals surface area contributed by atoms with Crippen molar-refractivity contribution in [3.05, 3.63) is 0 Å². The molecule has 0 saturated heterocycles. The highest BCUT2D eigenvalue weighted by molar-refractivity contribution is 6.81. The maximum absolute atomic E-state index is 9.80. The van der Waals surface area contributed by atoms with Gasteiger partial charge in [-0.3, -0.25) is 0 Å². The van der Waals surface area contributed by atoms with Crippen molar-refractivity contribution in [1.29, 1.82) is 0 Å². The van der Waals surface area contributed by atoms with Gasteiger partial charge in [-0.25, -0.2) is 0 Å². The lowest BCUT2D eigenvalue weighted by atomic mass is 10.2. The van der Waals surface area contributed by atoms with Gasteiger partial charge in [0.05, 0.1) is 0 Å². The summed E-state index contributed by atoms with van der Waals surface area (Å²) in [6.45, 7) is 12.7. The van der Waals surface area contributed by atoms with Crippen molar-refractivity contribution in [2.75, 3.05) is 0 Å². The topological polar surface area (TPSA) is 20.2 Å². The predicted molar refractivity (Wildman–Crippen MR) is 56.7 cm³/mol. The van der Waals surface area contributed by atoms with Crippen molar-refractivity contribution in [3.8, 4) is 11.8 Å². The van der Waals surface area contributed by atoms with E-state index in [4.69, 9.17) is 0 Å². The molecular formula is C10H20OSi. The molecule has 0 aromatic rings. The van der Waals surface area contributed by atoms with E-state index in [1.807, 2.05) is 0 Å². The van der Waals surface area contributed by atoms with Crippen LogP contribution in [-0.4, -0.2) is 18.9 Å². The first-order valence-electron chi connectivity index (χ1n) is 4.34. The molecular weight excluding hydrogens is 164 g/mol. The second-order valence-electron chi connectivity index (χ2n) is 4.77. The van der Waals surface area contributed by atoms with E-state index in [1.165, 1.54) is 0 Å². The van der Waals surface area contributed by atoms with E-state index in [2.05, 4.69) is 45.7 Å². The lowest BCUT2D eigenvalue weighted by molar-refractivity contribution is 0.292. The van der Waals surface area contributed by atoms with Gasteiger partial charge in [-0.1, -0.05) is 39.8 Å². The van der Waals surface area contributed by atoms with Crippen LogP contribution in [0.1, 0.15) is 27.7 Å². The van der Waals surface area contributed by atoms with Crippen LogP contribution in [-0.2, 0) is 0 Å². The summed E-state index contributed by atoms with van der Waals surface area (Å²) in [5.74, 6) is 5.64. The molecule has 0 amide bonds. The summed E-state index contributed by atoms with van der Waals surface area (Å²) in [6, 6.07) is 0. The van der Waals surface area contributed by atoms with Crippen LogP contribution in [0.4, 0.5) is 0 Å². The van der Waals surface area contributed by atoms with Crippen LogP contribution in [0.15, 0.2) is 0 Å². The zero-order valence-electron chi connectivity index (χ0n) is 9.02. The summed E-state index contributed by atoms with van der Waals surface area (Å²) in [7, 11) is -1.65. The molecule has 1 nitrogen and oxygen atoms in total. The Morgan fingerprint density at radius 2 is 1.67 bits per heavy atom. The number of hydrogen-bond acceptors (Lipinski definition) is 1. The zero-order chi connectivity index (χ0) is 9.99. The van der Waals surface area contributed by atoms with Gasteiger partial charge in [-0.05, 0) is 12.0 Å². The van der Waals surface area contributed by atoms with Gasteiger partial charge in [0.15, 0.2) is 0 Å². The first-order valence-corrected chi connectivity index (χ1v) is 7.41. The molecule has 0 aliphatic heterocycles. The summed E-state index contributed by atoms with van der Waals surface area (Å²) in [6.07, 6.45) is 0. The van der Waals surface area contributed by atoms with Crippen molar-refractivity contribution >= 4 is 8.07 Å². The van der Waals surface area contributed by atoms with E-state index in [1.54, 1.807) is 6.92 Å². The van der Waals surface area contributed by atoms with Gasteiger partial charge in [-0.15, -0.1) is 5.92 Å². The molecule has 0 fully saturated rings. The first-order chi connectivity index (χ1) is 5.23. The van der Waals surface area contributed by atoms with E-state index in [-0.39, 0.29) is 5.04 Å². The fraction of sp³-hybridized carbons (Fsp3) is 0.800. The van der Waals surface area contributed by atoms with E-state index in [9.17, 15) is 5.11 Å². The van der Waals surface area contributed by atoms with E-state index in [0.717, 1.165) is 0 Å². The number of aliphatic hydroxyl groups is 1. The Bertz CT molecular complexity index is 202. The maximum atomic E-state index is 9.80. The number of rotatable bonds is 1. The Balaban J connectivity index is 4.69. The highest BCUT2D eigenvalue weighted by Crippen LogP contribution is 2.37. The Morgan fingerprint density at radius 3 is 1.92 bits per heavy atom. The van der Waals surface area contributed by atoms with Crippen molar-refractivity contribution in [2.24, 2.45) is 0 Å². The second kappa shape index (κ2) is 3.63. The zero-order valence-corrected chi connectivity index (χ0v) is 10.0. The molecule has 1 atom stereocenters. The number of aliphatic hydroxyl groups excluding tert-OH is 1. The predicted octanol–water partition coefficient (Wildman–Crippen LogP) is 2.42. The standard InChI is InChI=1S/C10H20OSi/c1-7-8-9(11)12(5,6)10(2,3)4/h9,11H,1-6H3/t9-/m1/s1. The molecule has 0 heterocycles. The van der Waals surface area contributed by atoms with E-state index < -0.39 is 13.8 Å². The quantitative estimate of drug-likeness (QED) is 0.490. The Kier molecular flexibility index (Phi) is 3.55. The lowest BCUT2D eigenvalue weighted by Gasteiger charge is -2.38. The SMILES string of the molecule is CC#C[C@H](O)[Si](C)(C)C(C)(C)C. The van der Waals surface area contributed by atoms with Crippen molar-refractivity contribution < 1.29 is 5.11 Å². The highest BCUT2D eigenvalue weighted by atomic mass is 28.3. The molecule has 0 aliphatic rings. The van der Waals surface area contributed by atoms with Crippen molar-refractivity contribution in [2.45, 2.75) is 51.6 Å². The van der Waals surface area contributed by atoms with Crippen LogP contribution in [0, 0.1) is 11.8 Å². The van der Waals surface area contributed by atoms with Crippen molar-refractivity contribution in [3.63, 3.8) is 0 Å². The van der Waals surface area contributed by atoms with Crippen LogP contribution < -0.4 is 0 Å². The minimum Gasteiger partial charge on any atom is -0.384 e. The average Bonchev–Trinajstić information content (AvgIpc) is 1.85. The van der Waals surface area contributed by atoms with E-state index >= 15 is 0 Å². The lowest BCUT2D eigenvalue weighted by Crippen LogP contribution is -2.48. The molecule has 0 aliphatic carbocycles. The minimum absolute atomic E-state index is 0.205. The molecule has 0 rings (SSSR count). The van der Waals surface area contributed by atoms with Crippen LogP contribution >= 0.6 is 0 Å². The van der Waals surface area contributed by atoms with Gasteiger partial charge >= 0.3 is 0 Å². The van der Waals surface area contributed by atoms with Crippen LogP contribution in [0.5, 0.6) is 0 Å². The largest absolute Gasteiger partial charge is 0.384 e. The molecule has 2 heteroatoms. The molecule has 70 valence electrons. The van der Waals surface area contributed by atoms with Gasteiger partial charge in [0.25, 0.3) is 0 Å². The summed E-state index contributed by atoms with van der Waals surface area (Å²) >= 11 is 0. The van der Waals surface area contributed by atoms with Gasteiger partial charge in [0.1, 0.15) is 13.8 Å². The molecule has 0 unspecified atom stereocenters. The monoisotopic (exact) mass is 184 g/mol. The fourth-order valence-electron chi connectivity index (χ4n) is 0.727. The third-order valence-electron chi connectivity index (χ3n) is 2.90. The fourth-order valence-corrected chi connectivity index (χ4v) is 2.05. The molecule has 1 N–H and O–H groups in total. The maximum Gasteiger partial charge on any atom is 0.103 e. The Morgan fingerprint density at radius 1 is 1.25 bits per heavy atom. The molecule has 0 aromatic heterocycles. The Hall–Kier alpha value is -0.263. The van der Waals surface area contributed by atoms with Gasteiger partial charge < -0.3 is 5.11 Å². The van der Waals surface area contributed by atoms with Crippen LogP contribution in [0.25, 0.3) is 0 Å². The number of hydrogen-bond donors (Lipinski definition) is 1. The smallest absolute Gasteiger partial charge is 0.103 e. The molecule has 0 radical (unpaired) electrons. The van der Waals surface area contributed by atoms with E-state index in [0.29, 0.717) is 0 Å². The first kappa shape index (κ1) is 11.7. The molecule has 12 heavy (non-hydrogen) atoms. The summed E-state index contributed by atoms with van der Waals surface area (Å²) in [5, 5.41) is 10.0. The average molecular weight is 184 g/mol. The Labute approximate surface area is 77.2 Å². The molecule has 0 spiro atoms. The van der Waals surface area contributed by atoms with Gasteiger partial charge in [0.2, 0.25) is 0 Å². The van der Waals surface area contributed by atoms with Crippen molar-refractivity contribution in [1.82, 2.24) is 0 Å². The summed E-state index contributed by atoms with van der Waals surface area (Å²) < 4.78 is 0. The summed E-state index contributed by atoms with van der Waals surface area (Å²) in [5.41, 5.74) is -0.400. The van der Waals surface area contributed by atoms with Crippen LogP contribution in [0.2, 0.25) is 18.1 Å². The summed E-state index contributed by atoms with van der Waals surface area (Å²) in [4.78, 5) is 0. The van der Waals surface area contributed by atoms with Gasteiger partial charge in [-0.2, -0.15) is 0 Å². The third kappa shape index (κ3) is 2.36. The second-order valence-corrected chi connectivity index (χ2v) is 10.3. The normalized spacial score (nSPS) is 14.9. The molecule has 0 bridgehead atoms. The molecule has 0 aromatic carbocycles. The van der Waals surface area contributed by atoms with Gasteiger partial charge in [0, 0.05) is 0 Å².